The van der Waals surface area contributed by atoms with E-state index in [0.29, 0.717) is 22.1 Å². The lowest BCUT2D eigenvalue weighted by Crippen LogP contribution is -2.30. The van der Waals surface area contributed by atoms with Crippen LogP contribution in [0.15, 0.2) is 6.07 Å². The van der Waals surface area contributed by atoms with E-state index in [-0.39, 0.29) is 0 Å². The van der Waals surface area contributed by atoms with Gasteiger partial charge in [0, 0.05) is 6.54 Å². The molecule has 1 saturated heterocycles. The van der Waals surface area contributed by atoms with Gasteiger partial charge in [-0.3, -0.25) is 0 Å². The zero-order valence-corrected chi connectivity index (χ0v) is 11.9. The molecule has 0 aromatic carbocycles. The Morgan fingerprint density at radius 3 is 3.16 bits per heavy atom. The van der Waals surface area contributed by atoms with Crippen molar-refractivity contribution in [2.75, 3.05) is 25.0 Å². The van der Waals surface area contributed by atoms with Gasteiger partial charge >= 0.3 is 0 Å². The number of hydrogen-bond acceptors (Lipinski definition) is 4. The zero-order valence-electron chi connectivity index (χ0n) is 11.2. The predicted octanol–water partition coefficient (Wildman–Crippen LogP) is 2.72. The summed E-state index contributed by atoms with van der Waals surface area (Å²) in [6.45, 7) is 4.94. The number of nitrogens with zero attached hydrogens (tertiary/aromatic N) is 2. The van der Waals surface area contributed by atoms with Crippen molar-refractivity contribution in [3.63, 3.8) is 0 Å². The quantitative estimate of drug-likeness (QED) is 0.889. The van der Waals surface area contributed by atoms with Crippen molar-refractivity contribution in [1.82, 2.24) is 10.3 Å². The molecule has 0 aliphatic carbocycles. The molecule has 1 unspecified atom stereocenters. The summed E-state index contributed by atoms with van der Waals surface area (Å²) in [6, 6.07) is 3.76. The molecule has 1 aromatic heterocycles. The van der Waals surface area contributed by atoms with E-state index in [1.165, 1.54) is 12.8 Å². The number of anilines is 1. The standard InChI is InChI=1S/C14H19ClN4/c1-10-12(8-16)7-13(15)14(19-10)18-6-4-11-3-2-5-17-9-11/h7,11,17H,2-6,9H2,1H3,(H,18,19). The van der Waals surface area contributed by atoms with Crippen LogP contribution in [0.3, 0.4) is 0 Å². The van der Waals surface area contributed by atoms with Crippen molar-refractivity contribution in [1.29, 1.82) is 5.26 Å². The molecule has 1 aliphatic heterocycles. The van der Waals surface area contributed by atoms with Crippen molar-refractivity contribution in [2.45, 2.75) is 26.2 Å². The van der Waals surface area contributed by atoms with Gasteiger partial charge in [0.25, 0.3) is 0 Å². The summed E-state index contributed by atoms with van der Waals surface area (Å²) in [5.41, 5.74) is 1.25. The van der Waals surface area contributed by atoms with Crippen LogP contribution in [0.1, 0.15) is 30.5 Å². The fraction of sp³-hybridized carbons (Fsp3) is 0.571. The molecule has 2 N–H and O–H groups in total. The van der Waals surface area contributed by atoms with Gasteiger partial charge in [-0.15, -0.1) is 0 Å². The van der Waals surface area contributed by atoms with Crippen LogP contribution in [0.4, 0.5) is 5.82 Å². The number of nitrogens with one attached hydrogen (secondary N) is 2. The topological polar surface area (TPSA) is 60.7 Å². The van der Waals surface area contributed by atoms with Gasteiger partial charge in [0.05, 0.1) is 16.3 Å². The van der Waals surface area contributed by atoms with Gasteiger partial charge < -0.3 is 10.6 Å². The summed E-state index contributed by atoms with van der Waals surface area (Å²) in [5, 5.41) is 16.1. The molecule has 5 heteroatoms. The molecule has 0 radical (unpaired) electrons. The molecule has 0 bridgehead atoms. The minimum Gasteiger partial charge on any atom is -0.369 e. The van der Waals surface area contributed by atoms with E-state index in [1.807, 2.05) is 6.92 Å². The molecule has 2 rings (SSSR count). The first-order valence-corrected chi connectivity index (χ1v) is 7.10. The Kier molecular flexibility index (Phi) is 5.00. The minimum absolute atomic E-state index is 0.518. The Balaban J connectivity index is 1.89. The van der Waals surface area contributed by atoms with Crippen LogP contribution in [0.5, 0.6) is 0 Å². The molecule has 0 amide bonds. The second-order valence-electron chi connectivity index (χ2n) is 4.99. The molecule has 2 heterocycles. The van der Waals surface area contributed by atoms with Gasteiger partial charge in [-0.1, -0.05) is 11.6 Å². The van der Waals surface area contributed by atoms with Gasteiger partial charge in [0.1, 0.15) is 11.9 Å². The molecular formula is C14H19ClN4. The number of rotatable bonds is 4. The SMILES string of the molecule is Cc1nc(NCCC2CCCNC2)c(Cl)cc1C#N. The monoisotopic (exact) mass is 278 g/mol. The Morgan fingerprint density at radius 1 is 1.63 bits per heavy atom. The van der Waals surface area contributed by atoms with E-state index in [2.05, 4.69) is 21.7 Å². The van der Waals surface area contributed by atoms with Crippen molar-refractivity contribution < 1.29 is 0 Å². The first-order chi connectivity index (χ1) is 9.20. The van der Waals surface area contributed by atoms with Crippen LogP contribution < -0.4 is 10.6 Å². The van der Waals surface area contributed by atoms with Crippen LogP contribution in [0.25, 0.3) is 0 Å². The Bertz CT molecular complexity index is 475. The average molecular weight is 279 g/mol. The highest BCUT2D eigenvalue weighted by Crippen LogP contribution is 2.23. The molecular weight excluding hydrogens is 260 g/mol. The predicted molar refractivity (Wildman–Crippen MR) is 77.4 cm³/mol. The normalized spacial score (nSPS) is 18.9. The van der Waals surface area contributed by atoms with Crippen molar-refractivity contribution >= 4 is 17.4 Å². The Hall–Kier alpha value is -1.31. The van der Waals surface area contributed by atoms with Crippen molar-refractivity contribution in [3.05, 3.63) is 22.3 Å². The van der Waals surface area contributed by atoms with Gasteiger partial charge in [0.15, 0.2) is 0 Å². The van der Waals surface area contributed by atoms with E-state index in [9.17, 15) is 0 Å². The van der Waals surface area contributed by atoms with Crippen molar-refractivity contribution in [2.24, 2.45) is 5.92 Å². The summed E-state index contributed by atoms with van der Waals surface area (Å²) in [4.78, 5) is 4.34. The third-order valence-corrected chi connectivity index (χ3v) is 3.82. The Labute approximate surface area is 119 Å². The summed E-state index contributed by atoms with van der Waals surface area (Å²) >= 11 is 6.11. The van der Waals surface area contributed by atoms with Crippen LogP contribution in [-0.2, 0) is 0 Å². The van der Waals surface area contributed by atoms with Crippen LogP contribution >= 0.6 is 11.6 Å². The number of piperidine rings is 1. The second kappa shape index (κ2) is 6.74. The summed E-state index contributed by atoms with van der Waals surface area (Å²) in [5.74, 6) is 1.42. The molecule has 1 aliphatic rings. The lowest BCUT2D eigenvalue weighted by atomic mass is 9.96. The number of nitriles is 1. The molecule has 4 nitrogen and oxygen atoms in total. The maximum absolute atomic E-state index is 8.90. The third kappa shape index (κ3) is 3.82. The molecule has 1 fully saturated rings. The zero-order chi connectivity index (χ0) is 13.7. The van der Waals surface area contributed by atoms with Gasteiger partial charge in [-0.2, -0.15) is 5.26 Å². The first-order valence-electron chi connectivity index (χ1n) is 6.72. The number of pyridine rings is 1. The lowest BCUT2D eigenvalue weighted by Gasteiger charge is -2.22. The van der Waals surface area contributed by atoms with E-state index in [1.54, 1.807) is 6.07 Å². The van der Waals surface area contributed by atoms with Crippen LogP contribution in [-0.4, -0.2) is 24.6 Å². The first kappa shape index (κ1) is 14.1. The lowest BCUT2D eigenvalue weighted by molar-refractivity contribution is 0.364. The number of halogens is 1. The molecule has 1 aromatic rings. The fourth-order valence-corrected chi connectivity index (χ4v) is 2.60. The van der Waals surface area contributed by atoms with Gasteiger partial charge in [-0.25, -0.2) is 4.98 Å². The smallest absolute Gasteiger partial charge is 0.145 e. The van der Waals surface area contributed by atoms with E-state index < -0.39 is 0 Å². The van der Waals surface area contributed by atoms with Crippen molar-refractivity contribution in [3.8, 4) is 6.07 Å². The highest BCUT2D eigenvalue weighted by atomic mass is 35.5. The van der Waals surface area contributed by atoms with E-state index in [4.69, 9.17) is 16.9 Å². The van der Waals surface area contributed by atoms with Gasteiger partial charge in [0.2, 0.25) is 0 Å². The fourth-order valence-electron chi connectivity index (χ4n) is 2.38. The summed E-state index contributed by atoms with van der Waals surface area (Å²) < 4.78 is 0. The number of aromatic nitrogens is 1. The minimum atomic E-state index is 0.518. The largest absolute Gasteiger partial charge is 0.369 e. The Morgan fingerprint density at radius 2 is 2.47 bits per heavy atom. The maximum atomic E-state index is 8.90. The second-order valence-corrected chi connectivity index (χ2v) is 5.40. The van der Waals surface area contributed by atoms with E-state index in [0.717, 1.165) is 32.0 Å². The molecule has 102 valence electrons. The van der Waals surface area contributed by atoms with E-state index >= 15 is 0 Å². The molecule has 0 spiro atoms. The molecule has 1 atom stereocenters. The highest BCUT2D eigenvalue weighted by Gasteiger charge is 2.13. The average Bonchev–Trinajstić information content (AvgIpc) is 2.43. The molecule has 0 saturated carbocycles. The summed E-state index contributed by atoms with van der Waals surface area (Å²) in [7, 11) is 0. The van der Waals surface area contributed by atoms with Crippen LogP contribution in [0.2, 0.25) is 5.02 Å². The molecule has 19 heavy (non-hydrogen) atoms. The maximum Gasteiger partial charge on any atom is 0.145 e. The summed E-state index contributed by atoms with van der Waals surface area (Å²) in [6.07, 6.45) is 3.67. The van der Waals surface area contributed by atoms with Gasteiger partial charge in [-0.05, 0) is 51.3 Å². The van der Waals surface area contributed by atoms with Crippen LogP contribution in [0, 0.1) is 24.2 Å². The third-order valence-electron chi connectivity index (χ3n) is 3.53. The number of aryl methyl sites for hydroxylation is 1. The highest BCUT2D eigenvalue weighted by molar-refractivity contribution is 6.33. The number of hydrogen-bond donors (Lipinski definition) is 2.